The summed E-state index contributed by atoms with van der Waals surface area (Å²) < 4.78 is 16.0. The molecule has 3 rings (SSSR count). The molecule has 2 amide bonds. The molecule has 2 aliphatic heterocycles. The molecule has 29 heavy (non-hydrogen) atoms. The van der Waals surface area contributed by atoms with Crippen LogP contribution in [-0.2, 0) is 14.3 Å². The summed E-state index contributed by atoms with van der Waals surface area (Å²) in [6.07, 6.45) is 0.207. The molecule has 0 bridgehead atoms. The second-order valence-electron chi connectivity index (χ2n) is 8.07. The highest BCUT2D eigenvalue weighted by Crippen LogP contribution is 2.34. The zero-order valence-electron chi connectivity index (χ0n) is 17.7. The molecular weight excluding hydrogens is 374 g/mol. The number of hydrogen-bond donors (Lipinski definition) is 1. The van der Waals surface area contributed by atoms with E-state index in [9.17, 15) is 9.59 Å². The number of methoxy groups -OCH3 is 2. The zero-order chi connectivity index (χ0) is 21.0. The van der Waals surface area contributed by atoms with Crippen molar-refractivity contribution in [2.75, 3.05) is 58.5 Å². The van der Waals surface area contributed by atoms with Crippen molar-refractivity contribution in [1.29, 1.82) is 0 Å². The molecular formula is C21H31N3O5. The Labute approximate surface area is 172 Å². The molecule has 2 saturated heterocycles. The molecule has 0 radical (unpaired) electrons. The summed E-state index contributed by atoms with van der Waals surface area (Å²) >= 11 is 0. The first-order chi connectivity index (χ1) is 13.9. The predicted molar refractivity (Wildman–Crippen MR) is 109 cm³/mol. The minimum Gasteiger partial charge on any atom is -0.493 e. The van der Waals surface area contributed by atoms with Crippen molar-refractivity contribution in [3.8, 4) is 11.5 Å². The van der Waals surface area contributed by atoms with Crippen molar-refractivity contribution in [3.63, 3.8) is 0 Å². The lowest BCUT2D eigenvalue weighted by Gasteiger charge is -2.41. The number of benzene rings is 1. The van der Waals surface area contributed by atoms with Gasteiger partial charge in [0.1, 0.15) is 0 Å². The summed E-state index contributed by atoms with van der Waals surface area (Å²) in [4.78, 5) is 29.3. The Hall–Kier alpha value is -2.32. The van der Waals surface area contributed by atoms with Gasteiger partial charge < -0.3 is 24.4 Å². The van der Waals surface area contributed by atoms with Gasteiger partial charge in [-0.15, -0.1) is 0 Å². The van der Waals surface area contributed by atoms with Gasteiger partial charge in [0.25, 0.3) is 0 Å². The van der Waals surface area contributed by atoms with E-state index in [2.05, 4.69) is 24.1 Å². The van der Waals surface area contributed by atoms with E-state index in [1.807, 2.05) is 0 Å². The molecule has 1 aromatic rings. The third-order valence-corrected chi connectivity index (χ3v) is 5.74. The van der Waals surface area contributed by atoms with Gasteiger partial charge in [-0.1, -0.05) is 0 Å². The monoisotopic (exact) mass is 405 g/mol. The van der Waals surface area contributed by atoms with Gasteiger partial charge in [0, 0.05) is 49.9 Å². The molecule has 8 heteroatoms. The molecule has 160 valence electrons. The number of morpholine rings is 1. The minimum absolute atomic E-state index is 0.0650. The minimum atomic E-state index is -0.365. The lowest BCUT2D eigenvalue weighted by Crippen LogP contribution is -2.55. The maximum absolute atomic E-state index is 12.7. The fraction of sp³-hybridized carbons (Fsp3) is 0.619. The Morgan fingerprint density at radius 2 is 1.90 bits per heavy atom. The first-order valence-corrected chi connectivity index (χ1v) is 9.98. The topological polar surface area (TPSA) is 80.3 Å². The van der Waals surface area contributed by atoms with Crippen molar-refractivity contribution in [2.45, 2.75) is 25.8 Å². The molecule has 0 aromatic heterocycles. The molecule has 0 spiro atoms. The van der Waals surface area contributed by atoms with Crippen LogP contribution in [-0.4, -0.2) is 75.9 Å². The van der Waals surface area contributed by atoms with Crippen LogP contribution in [0.4, 0.5) is 5.69 Å². The van der Waals surface area contributed by atoms with Crippen LogP contribution < -0.4 is 19.7 Å². The molecule has 2 fully saturated rings. The number of carbonyl (C=O) groups excluding carboxylic acids is 2. The van der Waals surface area contributed by atoms with Crippen LogP contribution in [0.1, 0.15) is 20.3 Å². The SMILES string of the molecule is COc1ccc(N2CC(C(=O)NCC(C)(C)N3CCOCC3)CC2=O)cc1OC. The Kier molecular flexibility index (Phi) is 6.64. The summed E-state index contributed by atoms with van der Waals surface area (Å²) in [7, 11) is 3.12. The van der Waals surface area contributed by atoms with E-state index in [0.29, 0.717) is 30.3 Å². The van der Waals surface area contributed by atoms with E-state index < -0.39 is 0 Å². The molecule has 2 heterocycles. The van der Waals surface area contributed by atoms with Gasteiger partial charge in [0.2, 0.25) is 11.8 Å². The summed E-state index contributed by atoms with van der Waals surface area (Å²) in [5.74, 6) is 0.643. The lowest BCUT2D eigenvalue weighted by atomic mass is 10.0. The first kappa shape index (κ1) is 21.4. The van der Waals surface area contributed by atoms with Gasteiger partial charge >= 0.3 is 0 Å². The number of ether oxygens (including phenoxy) is 3. The quantitative estimate of drug-likeness (QED) is 0.736. The Morgan fingerprint density at radius 1 is 1.21 bits per heavy atom. The third kappa shape index (κ3) is 4.82. The number of hydrogen-bond acceptors (Lipinski definition) is 6. The van der Waals surface area contributed by atoms with Crippen LogP contribution in [0.2, 0.25) is 0 Å². The molecule has 1 N–H and O–H groups in total. The number of anilines is 1. The summed E-state index contributed by atoms with van der Waals surface area (Å²) in [6.45, 7) is 8.28. The van der Waals surface area contributed by atoms with E-state index >= 15 is 0 Å². The molecule has 8 nitrogen and oxygen atoms in total. The number of nitrogens with zero attached hydrogens (tertiary/aromatic N) is 2. The van der Waals surface area contributed by atoms with Crippen molar-refractivity contribution in [2.24, 2.45) is 5.92 Å². The number of carbonyl (C=O) groups is 2. The maximum Gasteiger partial charge on any atom is 0.227 e. The fourth-order valence-corrected chi connectivity index (χ4v) is 3.85. The van der Waals surface area contributed by atoms with E-state index in [-0.39, 0.29) is 29.7 Å². The average molecular weight is 405 g/mol. The van der Waals surface area contributed by atoms with Crippen LogP contribution in [0, 0.1) is 5.92 Å². The maximum atomic E-state index is 12.7. The zero-order valence-corrected chi connectivity index (χ0v) is 17.7. The van der Waals surface area contributed by atoms with Crippen molar-refractivity contribution in [3.05, 3.63) is 18.2 Å². The van der Waals surface area contributed by atoms with E-state index in [1.165, 1.54) is 0 Å². The highest BCUT2D eigenvalue weighted by atomic mass is 16.5. The van der Waals surface area contributed by atoms with Gasteiger partial charge in [0.05, 0.1) is 33.4 Å². The fourth-order valence-electron chi connectivity index (χ4n) is 3.85. The van der Waals surface area contributed by atoms with Crippen LogP contribution >= 0.6 is 0 Å². The van der Waals surface area contributed by atoms with Gasteiger partial charge in [-0.2, -0.15) is 0 Å². The predicted octanol–water partition coefficient (Wildman–Crippen LogP) is 1.28. The van der Waals surface area contributed by atoms with Crippen molar-refractivity contribution in [1.82, 2.24) is 10.2 Å². The molecule has 1 aromatic carbocycles. The van der Waals surface area contributed by atoms with E-state index in [1.54, 1.807) is 37.3 Å². The molecule has 2 aliphatic rings. The molecule has 0 saturated carbocycles. The number of amides is 2. The lowest BCUT2D eigenvalue weighted by molar-refractivity contribution is -0.127. The Balaban J connectivity index is 1.60. The van der Waals surface area contributed by atoms with Crippen LogP contribution in [0.3, 0.4) is 0 Å². The normalized spacial score (nSPS) is 20.6. The summed E-state index contributed by atoms with van der Waals surface area (Å²) in [5, 5.41) is 3.05. The number of rotatable bonds is 7. The van der Waals surface area contributed by atoms with Crippen molar-refractivity contribution < 1.29 is 23.8 Å². The van der Waals surface area contributed by atoms with Gasteiger partial charge in [-0.3, -0.25) is 14.5 Å². The molecule has 1 unspecified atom stereocenters. The standard InChI is InChI=1S/C21H31N3O5/c1-21(2,23-7-9-29-10-8-23)14-22-20(26)15-11-19(25)24(13-15)16-5-6-17(27-3)18(12-16)28-4/h5-6,12,15H,7-11,13-14H2,1-4H3,(H,22,26). The second-order valence-corrected chi connectivity index (χ2v) is 8.07. The largest absolute Gasteiger partial charge is 0.493 e. The highest BCUT2D eigenvalue weighted by molar-refractivity contribution is 6.00. The van der Waals surface area contributed by atoms with Crippen LogP contribution in [0.25, 0.3) is 0 Å². The average Bonchev–Trinajstić information content (AvgIpc) is 3.14. The smallest absolute Gasteiger partial charge is 0.227 e. The Bertz CT molecular complexity index is 746. The molecule has 1 atom stereocenters. The van der Waals surface area contributed by atoms with Gasteiger partial charge in [-0.05, 0) is 26.0 Å². The van der Waals surface area contributed by atoms with E-state index in [0.717, 1.165) is 26.3 Å². The van der Waals surface area contributed by atoms with Gasteiger partial charge in [0.15, 0.2) is 11.5 Å². The van der Waals surface area contributed by atoms with Crippen LogP contribution in [0.15, 0.2) is 18.2 Å². The molecule has 0 aliphatic carbocycles. The summed E-state index contributed by atoms with van der Waals surface area (Å²) in [5.41, 5.74) is 0.544. The summed E-state index contributed by atoms with van der Waals surface area (Å²) in [6, 6.07) is 5.33. The number of nitrogens with one attached hydrogen (secondary N) is 1. The van der Waals surface area contributed by atoms with Crippen LogP contribution in [0.5, 0.6) is 11.5 Å². The van der Waals surface area contributed by atoms with Gasteiger partial charge in [-0.25, -0.2) is 0 Å². The van der Waals surface area contributed by atoms with E-state index in [4.69, 9.17) is 14.2 Å². The second kappa shape index (κ2) is 9.00. The highest BCUT2D eigenvalue weighted by Gasteiger charge is 2.36. The third-order valence-electron chi connectivity index (χ3n) is 5.74. The van der Waals surface area contributed by atoms with Crippen molar-refractivity contribution >= 4 is 17.5 Å². The Morgan fingerprint density at radius 3 is 2.55 bits per heavy atom. The first-order valence-electron chi connectivity index (χ1n) is 9.98.